The zero-order valence-electron chi connectivity index (χ0n) is 13.2. The summed E-state index contributed by atoms with van der Waals surface area (Å²) in [7, 11) is 0. The van der Waals surface area contributed by atoms with Crippen LogP contribution in [0.5, 0.6) is 0 Å². The van der Waals surface area contributed by atoms with E-state index >= 15 is 0 Å². The summed E-state index contributed by atoms with van der Waals surface area (Å²) in [5.74, 6) is 0.694. The van der Waals surface area contributed by atoms with Crippen LogP contribution in [0, 0.1) is 0 Å². The summed E-state index contributed by atoms with van der Waals surface area (Å²) in [5.41, 5.74) is 2.50. The maximum absolute atomic E-state index is 12.3. The van der Waals surface area contributed by atoms with Gasteiger partial charge < -0.3 is 5.32 Å². The molecule has 1 amide bonds. The quantitative estimate of drug-likeness (QED) is 0.503. The molecule has 3 aromatic rings. The van der Waals surface area contributed by atoms with Crippen LogP contribution in [0.2, 0.25) is 10.0 Å². The van der Waals surface area contributed by atoms with Crippen molar-refractivity contribution in [2.45, 2.75) is 10.6 Å². The number of thioether (sulfide) groups is 1. The summed E-state index contributed by atoms with van der Waals surface area (Å²) >= 11 is 13.5. The van der Waals surface area contributed by atoms with Gasteiger partial charge in [0.15, 0.2) is 0 Å². The smallest absolute Gasteiger partial charge is 0.255 e. The fourth-order valence-electron chi connectivity index (χ4n) is 2.19. The third-order valence-electron chi connectivity index (χ3n) is 3.54. The minimum Gasteiger partial charge on any atom is -0.322 e. The third-order valence-corrected chi connectivity index (χ3v) is 5.12. The van der Waals surface area contributed by atoms with Crippen LogP contribution < -0.4 is 5.32 Å². The largest absolute Gasteiger partial charge is 0.322 e. The molecule has 0 aliphatic carbocycles. The van der Waals surface area contributed by atoms with Gasteiger partial charge >= 0.3 is 0 Å². The molecular formula is C20H15Cl2NOS. The van der Waals surface area contributed by atoms with Crippen LogP contribution in [0.1, 0.15) is 15.9 Å². The first-order chi connectivity index (χ1) is 12.1. The number of nitrogens with one attached hydrogen (secondary N) is 1. The number of amides is 1. The molecule has 2 nitrogen and oxygen atoms in total. The fourth-order valence-corrected chi connectivity index (χ4v) is 3.29. The summed E-state index contributed by atoms with van der Waals surface area (Å²) in [4.78, 5) is 13.4. The van der Waals surface area contributed by atoms with E-state index in [0.29, 0.717) is 10.6 Å². The molecule has 0 aliphatic rings. The monoisotopic (exact) mass is 387 g/mol. The summed E-state index contributed by atoms with van der Waals surface area (Å²) in [5, 5.41) is 4.23. The molecule has 0 bridgehead atoms. The van der Waals surface area contributed by atoms with E-state index in [9.17, 15) is 4.79 Å². The van der Waals surface area contributed by atoms with Crippen LogP contribution >= 0.6 is 35.0 Å². The average Bonchev–Trinajstić information content (AvgIpc) is 2.63. The van der Waals surface area contributed by atoms with Gasteiger partial charge in [-0.3, -0.25) is 4.79 Å². The van der Waals surface area contributed by atoms with Crippen molar-refractivity contribution in [2.75, 3.05) is 5.32 Å². The van der Waals surface area contributed by atoms with Crippen LogP contribution in [-0.4, -0.2) is 5.91 Å². The second-order valence-electron chi connectivity index (χ2n) is 5.40. The Morgan fingerprint density at radius 2 is 1.36 bits per heavy atom. The molecule has 3 rings (SSSR count). The Balaban J connectivity index is 1.58. The Morgan fingerprint density at radius 3 is 1.96 bits per heavy atom. The van der Waals surface area contributed by atoms with Gasteiger partial charge in [0.2, 0.25) is 0 Å². The molecule has 0 saturated heterocycles. The number of carbonyl (C=O) groups excluding carboxylic acids is 1. The number of hydrogen-bond donors (Lipinski definition) is 1. The van der Waals surface area contributed by atoms with Gasteiger partial charge in [-0.2, -0.15) is 0 Å². The second kappa shape index (κ2) is 8.43. The van der Waals surface area contributed by atoms with Crippen LogP contribution in [0.15, 0.2) is 77.7 Å². The van der Waals surface area contributed by atoms with Gasteiger partial charge in [-0.15, -0.1) is 11.8 Å². The zero-order valence-corrected chi connectivity index (χ0v) is 15.5. The van der Waals surface area contributed by atoms with E-state index in [-0.39, 0.29) is 5.91 Å². The van der Waals surface area contributed by atoms with Crippen molar-refractivity contribution in [3.05, 3.63) is 94.0 Å². The van der Waals surface area contributed by atoms with Crippen molar-refractivity contribution in [3.8, 4) is 0 Å². The molecule has 1 N–H and O–H groups in total. The lowest BCUT2D eigenvalue weighted by Gasteiger charge is -2.07. The molecule has 3 aromatic carbocycles. The molecule has 126 valence electrons. The Labute approximate surface area is 161 Å². The van der Waals surface area contributed by atoms with Crippen molar-refractivity contribution in [2.24, 2.45) is 0 Å². The number of rotatable bonds is 5. The first-order valence-electron chi connectivity index (χ1n) is 7.64. The highest BCUT2D eigenvalue weighted by Gasteiger charge is 2.06. The van der Waals surface area contributed by atoms with Crippen molar-refractivity contribution in [1.82, 2.24) is 0 Å². The fraction of sp³-hybridized carbons (Fsp3) is 0.0500. The predicted octanol–water partition coefficient (Wildman–Crippen LogP) is 6.54. The molecule has 0 atom stereocenters. The Bertz CT molecular complexity index is 846. The van der Waals surface area contributed by atoms with Crippen LogP contribution in [0.25, 0.3) is 0 Å². The van der Waals surface area contributed by atoms with Gasteiger partial charge in [0.25, 0.3) is 5.91 Å². The Hall–Kier alpha value is -1.94. The van der Waals surface area contributed by atoms with Gasteiger partial charge in [-0.25, -0.2) is 0 Å². The van der Waals surface area contributed by atoms with E-state index in [2.05, 4.69) is 5.32 Å². The molecular weight excluding hydrogens is 373 g/mol. The minimum atomic E-state index is -0.140. The number of benzene rings is 3. The Kier molecular flexibility index (Phi) is 6.03. The van der Waals surface area contributed by atoms with Crippen molar-refractivity contribution in [1.29, 1.82) is 0 Å². The van der Waals surface area contributed by atoms with E-state index < -0.39 is 0 Å². The van der Waals surface area contributed by atoms with Crippen LogP contribution in [0.3, 0.4) is 0 Å². The van der Waals surface area contributed by atoms with E-state index in [1.165, 1.54) is 0 Å². The standard InChI is InChI=1S/C20H15Cl2NOS/c21-16-5-9-18(10-6-16)23-20(24)15-3-1-14(2-4-15)13-25-19-11-7-17(22)8-12-19/h1-12H,13H2,(H,23,24). The molecule has 25 heavy (non-hydrogen) atoms. The highest BCUT2D eigenvalue weighted by Crippen LogP contribution is 2.24. The first kappa shape index (κ1) is 17.9. The lowest BCUT2D eigenvalue weighted by molar-refractivity contribution is 0.102. The topological polar surface area (TPSA) is 29.1 Å². The molecule has 0 aromatic heterocycles. The van der Waals surface area contributed by atoms with Crippen LogP contribution in [-0.2, 0) is 5.75 Å². The summed E-state index contributed by atoms with van der Waals surface area (Å²) in [6, 6.07) is 22.4. The zero-order chi connectivity index (χ0) is 17.6. The maximum atomic E-state index is 12.3. The molecule has 0 heterocycles. The molecule has 0 fully saturated rings. The van der Waals surface area contributed by atoms with Gasteiger partial charge in [0.05, 0.1) is 0 Å². The van der Waals surface area contributed by atoms with E-state index in [4.69, 9.17) is 23.2 Å². The lowest BCUT2D eigenvalue weighted by atomic mass is 10.1. The minimum absolute atomic E-state index is 0.140. The average molecular weight is 388 g/mol. The number of carbonyl (C=O) groups is 1. The number of halogens is 2. The highest BCUT2D eigenvalue weighted by atomic mass is 35.5. The van der Waals surface area contributed by atoms with E-state index in [1.54, 1.807) is 36.0 Å². The summed E-state index contributed by atoms with van der Waals surface area (Å²) in [6.45, 7) is 0. The summed E-state index contributed by atoms with van der Waals surface area (Å²) < 4.78 is 0. The van der Waals surface area contributed by atoms with Crippen molar-refractivity contribution in [3.63, 3.8) is 0 Å². The van der Waals surface area contributed by atoms with Crippen LogP contribution in [0.4, 0.5) is 5.69 Å². The molecule has 0 aliphatic heterocycles. The van der Waals surface area contributed by atoms with Gasteiger partial charge in [0, 0.05) is 31.9 Å². The first-order valence-corrected chi connectivity index (χ1v) is 9.38. The third kappa shape index (κ3) is 5.27. The van der Waals surface area contributed by atoms with Gasteiger partial charge in [0.1, 0.15) is 0 Å². The maximum Gasteiger partial charge on any atom is 0.255 e. The molecule has 0 saturated carbocycles. The van der Waals surface area contributed by atoms with Gasteiger partial charge in [-0.1, -0.05) is 35.3 Å². The number of anilines is 1. The second-order valence-corrected chi connectivity index (χ2v) is 7.32. The van der Waals surface area contributed by atoms with E-state index in [0.717, 1.165) is 26.9 Å². The van der Waals surface area contributed by atoms with E-state index in [1.807, 2.05) is 48.5 Å². The molecule has 0 radical (unpaired) electrons. The SMILES string of the molecule is O=C(Nc1ccc(Cl)cc1)c1ccc(CSc2ccc(Cl)cc2)cc1. The summed E-state index contributed by atoms with van der Waals surface area (Å²) in [6.07, 6.45) is 0. The normalized spacial score (nSPS) is 10.5. The van der Waals surface area contributed by atoms with Crippen molar-refractivity contribution >= 4 is 46.6 Å². The number of hydrogen-bond acceptors (Lipinski definition) is 2. The molecule has 5 heteroatoms. The highest BCUT2D eigenvalue weighted by molar-refractivity contribution is 7.98. The van der Waals surface area contributed by atoms with Crippen molar-refractivity contribution < 1.29 is 4.79 Å². The Morgan fingerprint density at radius 1 is 0.800 bits per heavy atom. The van der Waals surface area contributed by atoms with Gasteiger partial charge in [-0.05, 0) is 66.2 Å². The molecule has 0 unspecified atom stereocenters. The lowest BCUT2D eigenvalue weighted by Crippen LogP contribution is -2.11. The molecule has 0 spiro atoms. The predicted molar refractivity (Wildman–Crippen MR) is 107 cm³/mol.